The molecule has 0 aliphatic carbocycles. The van der Waals surface area contributed by atoms with Crippen LogP contribution < -0.4 is 10.2 Å². The molecule has 4 N–H and O–H groups in total. The first-order valence-corrected chi connectivity index (χ1v) is 26.5. The highest BCUT2D eigenvalue weighted by Crippen LogP contribution is 2.42. The summed E-state index contributed by atoms with van der Waals surface area (Å²) in [5.74, 6) is 1.82. The zero-order valence-corrected chi connectivity index (χ0v) is 34.5. The van der Waals surface area contributed by atoms with Gasteiger partial charge in [0.1, 0.15) is 17.3 Å². The van der Waals surface area contributed by atoms with Crippen LogP contribution >= 0.6 is 57.8 Å². The van der Waals surface area contributed by atoms with E-state index in [1.54, 1.807) is 67.7 Å². The lowest BCUT2D eigenvalue weighted by Gasteiger charge is -2.19. The number of nitrogens with zero attached hydrogens (tertiary/aromatic N) is 2. The van der Waals surface area contributed by atoms with Crippen molar-refractivity contribution in [1.82, 2.24) is 20.1 Å². The van der Waals surface area contributed by atoms with Gasteiger partial charge in [0.05, 0.1) is 24.7 Å². The molecular weight excluding hydrogens is 775 g/mol. The Hall–Kier alpha value is -0.870. The van der Waals surface area contributed by atoms with Gasteiger partial charge in [0.15, 0.2) is 7.29 Å². The van der Waals surface area contributed by atoms with Crippen molar-refractivity contribution in [2.75, 3.05) is 69.1 Å². The molecule has 0 saturated carbocycles. The van der Waals surface area contributed by atoms with Crippen molar-refractivity contribution in [2.24, 2.45) is 0 Å². The van der Waals surface area contributed by atoms with Crippen LogP contribution in [0.1, 0.15) is 31.7 Å². The van der Waals surface area contributed by atoms with Crippen molar-refractivity contribution >= 4 is 67.9 Å². The predicted molar refractivity (Wildman–Crippen MR) is 214 cm³/mol. The predicted octanol–water partition coefficient (Wildman–Crippen LogP) is 7.27. The summed E-state index contributed by atoms with van der Waals surface area (Å²) < 4.78 is 55.1. The average molecular weight is 825 g/mol. The van der Waals surface area contributed by atoms with Crippen molar-refractivity contribution in [3.05, 3.63) is 78.6 Å². The van der Waals surface area contributed by atoms with Crippen LogP contribution in [-0.4, -0.2) is 97.7 Å². The second-order valence-electron chi connectivity index (χ2n) is 10.9. The normalized spacial score (nSPS) is 13.0. The van der Waals surface area contributed by atoms with Gasteiger partial charge in [-0.3, -0.25) is 14.4 Å². The van der Waals surface area contributed by atoms with Crippen molar-refractivity contribution < 1.29 is 31.9 Å². The van der Waals surface area contributed by atoms with Crippen molar-refractivity contribution in [1.29, 1.82) is 0 Å². The van der Waals surface area contributed by atoms with E-state index in [1.165, 1.54) is 12.1 Å². The van der Waals surface area contributed by atoms with E-state index in [2.05, 4.69) is 20.1 Å². The number of rotatable bonds is 25. The van der Waals surface area contributed by atoms with Crippen molar-refractivity contribution in [2.45, 2.75) is 48.1 Å². The number of benzene rings is 1. The molecule has 1 unspecified atom stereocenters. The molecule has 0 aliphatic rings. The van der Waals surface area contributed by atoms with E-state index < -0.39 is 24.7 Å². The summed E-state index contributed by atoms with van der Waals surface area (Å²) >= 11 is 0. The molecule has 50 heavy (non-hydrogen) atoms. The van der Waals surface area contributed by atoms with E-state index in [0.717, 1.165) is 46.4 Å². The van der Waals surface area contributed by atoms with E-state index in [-0.39, 0.29) is 43.2 Å². The lowest BCUT2D eigenvalue weighted by molar-refractivity contribution is 0.310. The van der Waals surface area contributed by atoms with Gasteiger partial charge < -0.3 is 19.3 Å². The first kappa shape index (κ1) is 45.3. The Bertz CT molecular complexity index is 1520. The lowest BCUT2D eigenvalue weighted by Crippen LogP contribution is -2.20. The molecule has 3 rings (SSSR count). The minimum Gasteiger partial charge on any atom is -0.396 e. The van der Waals surface area contributed by atoms with Gasteiger partial charge in [0.25, 0.3) is 10.1 Å². The van der Waals surface area contributed by atoms with Crippen LogP contribution in [0, 0.1) is 6.92 Å². The van der Waals surface area contributed by atoms with Crippen LogP contribution in [0.4, 0.5) is 0 Å². The molecule has 11 nitrogen and oxygen atoms in total. The van der Waals surface area contributed by atoms with Crippen LogP contribution in [-0.2, 0) is 23.4 Å². The van der Waals surface area contributed by atoms with Gasteiger partial charge in [0.2, 0.25) is 0 Å². The summed E-state index contributed by atoms with van der Waals surface area (Å²) in [7, 11) is -2.44. The lowest BCUT2D eigenvalue weighted by atomic mass is 10.2. The standard InChI is InChI=1S/C20H29N2O4PS3.C12H21N2O3PS2/c1-3-15-27(23,22-13-6-17-28-29-20-7-4-5-12-21-20)16-14-26-30(24,25)19-10-8-18(2)9-11-19;15-7-9-18(17,10-8-16)14-6-3-11-19-20-12-4-1-2-5-13-12/h4-5,7-12H,3,6,13-17H2,1-2H3,(H,22,23);1-2,4-5,15-16H,3,6-11H2,(H,14,17). The smallest absolute Gasteiger partial charge is 0.296 e. The first-order valence-electron chi connectivity index (χ1n) is 16.3. The summed E-state index contributed by atoms with van der Waals surface area (Å²) in [4.78, 5) is 8.59. The summed E-state index contributed by atoms with van der Waals surface area (Å²) in [6, 6.07) is 18.1. The second-order valence-corrected chi connectivity index (χ2v) is 23.3. The molecule has 0 aliphatic heterocycles. The third-order valence-electron chi connectivity index (χ3n) is 6.68. The van der Waals surface area contributed by atoms with E-state index in [0.29, 0.717) is 19.3 Å². The number of aliphatic hydroxyl groups excluding tert-OH is 2. The van der Waals surface area contributed by atoms with E-state index >= 15 is 0 Å². The summed E-state index contributed by atoms with van der Waals surface area (Å²) in [6.45, 7) is 4.79. The van der Waals surface area contributed by atoms with Gasteiger partial charge in [0, 0.05) is 61.6 Å². The fourth-order valence-electron chi connectivity index (χ4n) is 4.12. The first-order chi connectivity index (χ1) is 24.0. The maximum atomic E-state index is 13.1. The molecule has 2 aromatic heterocycles. The third kappa shape index (κ3) is 19.8. The van der Waals surface area contributed by atoms with E-state index in [4.69, 9.17) is 14.4 Å². The Balaban J connectivity index is 0.000000377. The molecule has 1 atom stereocenters. The Morgan fingerprint density at radius 2 is 1.24 bits per heavy atom. The Morgan fingerprint density at radius 3 is 1.68 bits per heavy atom. The van der Waals surface area contributed by atoms with Crippen molar-refractivity contribution in [3.63, 3.8) is 0 Å². The number of nitrogens with one attached hydrogen (secondary N) is 2. The van der Waals surface area contributed by atoms with Crippen LogP contribution in [0.3, 0.4) is 0 Å². The molecule has 0 radical (unpaired) electrons. The zero-order valence-electron chi connectivity index (χ0n) is 28.6. The van der Waals surface area contributed by atoms with Gasteiger partial charge in [-0.05, 0) is 84.2 Å². The summed E-state index contributed by atoms with van der Waals surface area (Å²) in [6.07, 6.45) is 7.22. The maximum absolute atomic E-state index is 13.1. The van der Waals surface area contributed by atoms with Crippen LogP contribution in [0.15, 0.2) is 88.0 Å². The van der Waals surface area contributed by atoms with Gasteiger partial charge in [-0.2, -0.15) is 8.42 Å². The largest absolute Gasteiger partial charge is 0.396 e. The van der Waals surface area contributed by atoms with Gasteiger partial charge in [-0.1, -0.05) is 58.3 Å². The molecular formula is C32H50N4O7P2S5. The van der Waals surface area contributed by atoms with Gasteiger partial charge >= 0.3 is 0 Å². The van der Waals surface area contributed by atoms with Crippen LogP contribution in [0.5, 0.6) is 0 Å². The van der Waals surface area contributed by atoms with E-state index in [9.17, 15) is 17.5 Å². The molecule has 18 heteroatoms. The number of aryl methyl sites for hydroxylation is 1. The summed E-state index contributed by atoms with van der Waals surface area (Å²) in [5, 5.41) is 25.9. The van der Waals surface area contributed by atoms with E-state index in [1.807, 2.05) is 50.2 Å². The van der Waals surface area contributed by atoms with Gasteiger partial charge in [-0.25, -0.2) is 9.97 Å². The Labute approximate surface area is 313 Å². The maximum Gasteiger partial charge on any atom is 0.296 e. The SMILES string of the molecule is CCCP(=O)(CCOS(=O)(=O)c1ccc(C)cc1)NCCCSSc1ccccn1.O=P(CCO)(CCO)NCCCSSc1ccccn1. The molecule has 0 fully saturated rings. The number of pyridine rings is 2. The molecule has 0 saturated heterocycles. The topological polar surface area (TPSA) is 168 Å². The highest BCUT2D eigenvalue weighted by molar-refractivity contribution is 8.77. The minimum absolute atomic E-state index is 0.0925. The average Bonchev–Trinajstić information content (AvgIpc) is 3.09. The summed E-state index contributed by atoms with van der Waals surface area (Å²) in [5.41, 5.74) is 0.974. The van der Waals surface area contributed by atoms with Crippen molar-refractivity contribution in [3.8, 4) is 0 Å². The number of aromatic nitrogens is 2. The zero-order chi connectivity index (χ0) is 36.6. The molecule has 2 heterocycles. The number of hydrogen-bond acceptors (Lipinski definition) is 13. The Kier molecular flexibility index (Phi) is 23.5. The van der Waals surface area contributed by atoms with Crippen LogP contribution in [0.25, 0.3) is 0 Å². The Morgan fingerprint density at radius 1 is 0.740 bits per heavy atom. The third-order valence-corrected chi connectivity index (χ3v) is 18.2. The molecule has 1 aromatic carbocycles. The highest BCUT2D eigenvalue weighted by Gasteiger charge is 2.23. The fourth-order valence-corrected chi connectivity index (χ4v) is 13.0. The quantitative estimate of drug-likeness (QED) is 0.0291. The fraction of sp³-hybridized carbons (Fsp3) is 0.500. The molecule has 0 spiro atoms. The van der Waals surface area contributed by atoms with Gasteiger partial charge in [-0.15, -0.1) is 0 Å². The molecule has 0 bridgehead atoms. The minimum atomic E-state index is -3.83. The number of hydrogen-bond donors (Lipinski definition) is 4. The van der Waals surface area contributed by atoms with Crippen LogP contribution in [0.2, 0.25) is 0 Å². The molecule has 280 valence electrons. The monoisotopic (exact) mass is 824 g/mol. The molecule has 0 amide bonds. The number of aliphatic hydroxyl groups is 2. The second kappa shape index (κ2) is 26.0. The highest BCUT2D eigenvalue weighted by atomic mass is 33.1. The molecule has 3 aromatic rings.